The average Bonchev–Trinajstić information content (AvgIpc) is 2.52. The van der Waals surface area contributed by atoms with Gasteiger partial charge in [0.25, 0.3) is 0 Å². The molecule has 1 N–H and O–H groups in total. The first-order chi connectivity index (χ1) is 6.77. The van der Waals surface area contributed by atoms with Crippen LogP contribution in [0.3, 0.4) is 0 Å². The van der Waals surface area contributed by atoms with Gasteiger partial charge in [0.05, 0.1) is 12.0 Å². The molecule has 3 heteroatoms. The van der Waals surface area contributed by atoms with E-state index in [1.165, 1.54) is 0 Å². The Bertz CT molecular complexity index is 323. The van der Waals surface area contributed by atoms with Gasteiger partial charge in [-0.05, 0) is 19.1 Å². The van der Waals surface area contributed by atoms with Gasteiger partial charge >= 0.3 is 5.97 Å². The van der Waals surface area contributed by atoms with Crippen molar-refractivity contribution in [1.82, 2.24) is 0 Å². The first kappa shape index (κ1) is 9.06. The first-order valence-corrected chi connectivity index (χ1v) is 4.75. The van der Waals surface area contributed by atoms with Crippen molar-refractivity contribution in [3.05, 3.63) is 30.3 Å². The molecule has 3 nitrogen and oxygen atoms in total. The number of anilines is 1. The first-order valence-electron chi connectivity index (χ1n) is 4.75. The summed E-state index contributed by atoms with van der Waals surface area (Å²) in [6, 6.07) is 9.95. The van der Waals surface area contributed by atoms with Crippen LogP contribution in [-0.4, -0.2) is 18.6 Å². The van der Waals surface area contributed by atoms with Crippen molar-refractivity contribution in [1.29, 1.82) is 0 Å². The molecular weight excluding hydrogens is 178 g/mol. The Hall–Kier alpha value is -1.51. The summed E-state index contributed by atoms with van der Waals surface area (Å²) in [5.74, 6) is -0.173. The lowest BCUT2D eigenvalue weighted by atomic mass is 10.1. The third-order valence-electron chi connectivity index (χ3n) is 2.51. The fourth-order valence-corrected chi connectivity index (χ4v) is 1.53. The van der Waals surface area contributed by atoms with Crippen LogP contribution in [-0.2, 0) is 9.53 Å². The van der Waals surface area contributed by atoms with Gasteiger partial charge in [-0.2, -0.15) is 0 Å². The fraction of sp³-hybridized carbons (Fsp3) is 0.364. The number of para-hydroxylation sites is 1. The maximum atomic E-state index is 11.1. The van der Waals surface area contributed by atoms with Crippen molar-refractivity contribution in [2.75, 3.05) is 11.9 Å². The molecule has 0 bridgehead atoms. The van der Waals surface area contributed by atoms with Gasteiger partial charge in [-0.25, -0.2) is 0 Å². The topological polar surface area (TPSA) is 38.3 Å². The monoisotopic (exact) mass is 191 g/mol. The number of carbonyl (C=O) groups excluding carboxylic acids is 1. The molecule has 0 saturated carbocycles. The molecule has 1 aromatic carbocycles. The number of benzene rings is 1. The number of hydrogen-bond acceptors (Lipinski definition) is 3. The predicted molar refractivity (Wildman–Crippen MR) is 54.0 cm³/mol. The van der Waals surface area contributed by atoms with Crippen LogP contribution in [0.4, 0.5) is 5.69 Å². The normalized spacial score (nSPS) is 25.9. The van der Waals surface area contributed by atoms with Crippen molar-refractivity contribution in [2.45, 2.75) is 13.0 Å². The number of cyclic esters (lactones) is 1. The fourth-order valence-electron chi connectivity index (χ4n) is 1.53. The van der Waals surface area contributed by atoms with E-state index in [2.05, 4.69) is 5.32 Å². The summed E-state index contributed by atoms with van der Waals surface area (Å²) in [6.07, 6.45) is 0. The van der Waals surface area contributed by atoms with Gasteiger partial charge in [-0.15, -0.1) is 0 Å². The van der Waals surface area contributed by atoms with Gasteiger partial charge < -0.3 is 10.1 Å². The van der Waals surface area contributed by atoms with Crippen LogP contribution in [0.25, 0.3) is 0 Å². The minimum absolute atomic E-state index is 0.0600. The summed E-state index contributed by atoms with van der Waals surface area (Å²) in [7, 11) is 0. The van der Waals surface area contributed by atoms with Gasteiger partial charge in [0.15, 0.2) is 0 Å². The van der Waals surface area contributed by atoms with Crippen LogP contribution in [0.1, 0.15) is 6.92 Å². The molecule has 1 aromatic rings. The van der Waals surface area contributed by atoms with Crippen molar-refractivity contribution in [3.63, 3.8) is 0 Å². The average molecular weight is 191 g/mol. The lowest BCUT2D eigenvalue weighted by Gasteiger charge is -2.14. The number of nitrogens with one attached hydrogen (secondary N) is 1. The van der Waals surface area contributed by atoms with E-state index in [0.29, 0.717) is 6.61 Å². The van der Waals surface area contributed by atoms with Crippen LogP contribution in [0, 0.1) is 5.92 Å². The molecule has 74 valence electrons. The van der Waals surface area contributed by atoms with Crippen LogP contribution < -0.4 is 5.32 Å². The van der Waals surface area contributed by atoms with Crippen molar-refractivity contribution >= 4 is 11.7 Å². The highest BCUT2D eigenvalue weighted by Crippen LogP contribution is 2.19. The van der Waals surface area contributed by atoms with E-state index in [0.717, 1.165) is 5.69 Å². The van der Waals surface area contributed by atoms with Crippen LogP contribution in [0.5, 0.6) is 0 Å². The van der Waals surface area contributed by atoms with E-state index < -0.39 is 0 Å². The van der Waals surface area contributed by atoms with Crippen molar-refractivity contribution < 1.29 is 9.53 Å². The number of hydrogen-bond donors (Lipinski definition) is 1. The second-order valence-corrected chi connectivity index (χ2v) is 3.54. The molecule has 0 radical (unpaired) electrons. The number of ether oxygens (including phenoxy) is 1. The molecule has 0 aromatic heterocycles. The largest absolute Gasteiger partial charge is 0.463 e. The Balaban J connectivity index is 2.02. The minimum Gasteiger partial charge on any atom is -0.463 e. The SMILES string of the molecule is CC1C(=O)OCC1Nc1ccccc1. The van der Waals surface area contributed by atoms with Crippen LogP contribution in [0.2, 0.25) is 0 Å². The van der Waals surface area contributed by atoms with Crippen molar-refractivity contribution in [3.8, 4) is 0 Å². The van der Waals surface area contributed by atoms with Gasteiger partial charge in [0.1, 0.15) is 6.61 Å². The summed E-state index contributed by atoms with van der Waals surface area (Å²) >= 11 is 0. The zero-order valence-corrected chi connectivity index (χ0v) is 8.07. The highest BCUT2D eigenvalue weighted by atomic mass is 16.5. The predicted octanol–water partition coefficient (Wildman–Crippen LogP) is 1.66. The highest BCUT2D eigenvalue weighted by molar-refractivity contribution is 5.75. The summed E-state index contributed by atoms with van der Waals surface area (Å²) in [5.41, 5.74) is 1.03. The summed E-state index contributed by atoms with van der Waals surface area (Å²) in [6.45, 7) is 2.35. The number of rotatable bonds is 2. The van der Waals surface area contributed by atoms with Gasteiger partial charge in [0.2, 0.25) is 0 Å². The molecule has 0 aliphatic carbocycles. The van der Waals surface area contributed by atoms with Crippen LogP contribution in [0.15, 0.2) is 30.3 Å². The van der Waals surface area contributed by atoms with E-state index in [-0.39, 0.29) is 17.9 Å². The molecule has 1 fully saturated rings. The smallest absolute Gasteiger partial charge is 0.310 e. The van der Waals surface area contributed by atoms with Crippen molar-refractivity contribution in [2.24, 2.45) is 5.92 Å². The van der Waals surface area contributed by atoms with Crippen LogP contribution >= 0.6 is 0 Å². The molecule has 14 heavy (non-hydrogen) atoms. The van der Waals surface area contributed by atoms with E-state index >= 15 is 0 Å². The molecule has 2 rings (SSSR count). The molecule has 0 spiro atoms. The zero-order chi connectivity index (χ0) is 9.97. The molecular formula is C11H13NO2. The molecule has 1 aliphatic heterocycles. The molecule has 2 unspecified atom stereocenters. The molecule has 2 atom stereocenters. The second-order valence-electron chi connectivity index (χ2n) is 3.54. The summed E-state index contributed by atoms with van der Waals surface area (Å²) in [4.78, 5) is 11.1. The quantitative estimate of drug-likeness (QED) is 0.722. The summed E-state index contributed by atoms with van der Waals surface area (Å²) < 4.78 is 4.95. The Morgan fingerprint density at radius 3 is 2.64 bits per heavy atom. The Morgan fingerprint density at radius 1 is 1.36 bits per heavy atom. The van der Waals surface area contributed by atoms with E-state index in [1.54, 1.807) is 0 Å². The Morgan fingerprint density at radius 2 is 2.07 bits per heavy atom. The number of esters is 1. The molecule has 0 amide bonds. The summed E-state index contributed by atoms with van der Waals surface area (Å²) in [5, 5.41) is 3.28. The molecule has 1 heterocycles. The lowest BCUT2D eigenvalue weighted by Crippen LogP contribution is -2.26. The third kappa shape index (κ3) is 1.71. The minimum atomic E-state index is -0.113. The van der Waals surface area contributed by atoms with E-state index in [1.807, 2.05) is 37.3 Å². The highest BCUT2D eigenvalue weighted by Gasteiger charge is 2.32. The maximum absolute atomic E-state index is 11.1. The molecule has 1 saturated heterocycles. The maximum Gasteiger partial charge on any atom is 0.310 e. The third-order valence-corrected chi connectivity index (χ3v) is 2.51. The zero-order valence-electron chi connectivity index (χ0n) is 8.07. The van der Waals surface area contributed by atoms with Gasteiger partial charge in [0, 0.05) is 5.69 Å². The number of carbonyl (C=O) groups is 1. The van der Waals surface area contributed by atoms with Gasteiger partial charge in [-0.3, -0.25) is 4.79 Å². The standard InChI is InChI=1S/C11H13NO2/c1-8-10(7-14-11(8)13)12-9-5-3-2-4-6-9/h2-6,8,10,12H,7H2,1H3. The Kier molecular flexibility index (Phi) is 2.39. The Labute approximate surface area is 83.1 Å². The van der Waals surface area contributed by atoms with E-state index in [4.69, 9.17) is 4.74 Å². The van der Waals surface area contributed by atoms with Gasteiger partial charge in [-0.1, -0.05) is 18.2 Å². The molecule has 1 aliphatic rings. The van der Waals surface area contributed by atoms with E-state index in [9.17, 15) is 4.79 Å². The lowest BCUT2D eigenvalue weighted by molar-refractivity contribution is -0.140. The second kappa shape index (κ2) is 3.70.